The van der Waals surface area contributed by atoms with Gasteiger partial charge >= 0.3 is 0 Å². The fourth-order valence-corrected chi connectivity index (χ4v) is 20.3. The molecule has 0 saturated heterocycles. The molecule has 0 radical (unpaired) electrons. The zero-order valence-electron chi connectivity index (χ0n) is 63.7. The predicted octanol–water partition coefficient (Wildman–Crippen LogP) is 24.4. The molecule has 0 amide bonds. The molecule has 117 heavy (non-hydrogen) atoms. The van der Waals surface area contributed by atoms with E-state index in [0.29, 0.717) is 0 Å². The first-order valence-electron chi connectivity index (χ1n) is 40.4. The van der Waals surface area contributed by atoms with Crippen LogP contribution < -0.4 is 61.9 Å². The van der Waals surface area contributed by atoms with Gasteiger partial charge in [0.2, 0.25) is 0 Å². The maximum absolute atomic E-state index is 8.05. The molecule has 0 saturated carbocycles. The topological polar surface area (TPSA) is 31.4 Å². The van der Waals surface area contributed by atoms with Gasteiger partial charge in [-0.1, -0.05) is 315 Å². The van der Waals surface area contributed by atoms with Crippen molar-refractivity contribution in [1.82, 2.24) is 0 Å². The van der Waals surface area contributed by atoms with E-state index in [0.717, 1.165) is 158 Å². The second-order valence-electron chi connectivity index (χ2n) is 31.3. The maximum Gasteiger partial charge on any atom is 0.256 e. The molecule has 6 nitrogen and oxygen atoms in total. The SMILES string of the molecule is c1ccc(-c2ccc3c(c2)B2c4cc5c(cc4Oc4cc(N(c6ccccc6)c6ccccc6)cc(c42)N3c2ccccc2-c2ccccc2)C2(c3ccccc3-5)c3ccccc3-c3cc4c(cc32)Oc2cc(N(c3ccccc3)c3ccccc3)cc3c2B4c2cc(-c4ccccc4)ccc2N3c2ccccc2-c2ccccc2)cc1. The van der Waals surface area contributed by atoms with Crippen molar-refractivity contribution in [1.29, 1.82) is 0 Å². The highest BCUT2D eigenvalue weighted by molar-refractivity contribution is 7.00. The van der Waals surface area contributed by atoms with E-state index in [1.54, 1.807) is 0 Å². The molecule has 0 atom stereocenters. The first-order valence-corrected chi connectivity index (χ1v) is 40.4. The van der Waals surface area contributed by atoms with E-state index in [2.05, 4.69) is 444 Å². The van der Waals surface area contributed by atoms with Gasteiger partial charge < -0.3 is 29.1 Å². The first kappa shape index (κ1) is 66.5. The van der Waals surface area contributed by atoms with E-state index in [-0.39, 0.29) is 13.4 Å². The maximum atomic E-state index is 8.05. The lowest BCUT2D eigenvalue weighted by Crippen LogP contribution is -2.59. The van der Waals surface area contributed by atoms with E-state index in [9.17, 15) is 0 Å². The molecule has 0 aromatic heterocycles. The standard InChI is InChI=1S/C109H70B2N4O2/c1-9-33-71(34-10-1)75-57-59-99-93(61-75)110-95-67-87-85-51-25-29-53-89(85)109(91(87)69-103(95)116-105-65-81(112(77-41-17-5-18-42-77)78-43-19-6-20-44-78)63-101(107(105)110)114(99)97-55-31-27-49-83(97)73-37-13-3-14-38-73)90-54-30-26-52-86(90)88-68-96-104(70-92(88)109)117-106-66-82(113(79-45-21-7-22-46-79)80-47-23-8-24-48-80)64-102-108(106)111(96)94-62-76(72-35-11-2-12-36-72)58-60-100(94)115(102)98-56-32-28-50-84(98)74-39-15-4-16-40-74/h1-70H. The molecular weight excluding hydrogens is 1420 g/mol. The summed E-state index contributed by atoms with van der Waals surface area (Å²) in [5.74, 6) is 3.25. The molecular formula is C109H70B2N4O2. The first-order chi connectivity index (χ1) is 58.1. The average Bonchev–Trinajstić information content (AvgIpc) is 1.46. The normalized spacial score (nSPS) is 13.3. The number of nitrogens with zero attached hydrogens (tertiary/aromatic N) is 4. The smallest absolute Gasteiger partial charge is 0.256 e. The van der Waals surface area contributed by atoms with Crippen molar-refractivity contribution < 1.29 is 9.47 Å². The molecule has 4 heterocycles. The monoisotopic (exact) mass is 1490 g/mol. The molecule has 24 rings (SSSR count). The molecule has 2 aliphatic carbocycles. The highest BCUT2D eigenvalue weighted by atomic mass is 16.5. The van der Waals surface area contributed by atoms with Gasteiger partial charge in [-0.3, -0.25) is 0 Å². The summed E-state index contributed by atoms with van der Waals surface area (Å²) in [7, 11) is 0. The number of hydrogen-bond acceptors (Lipinski definition) is 6. The third-order valence-corrected chi connectivity index (χ3v) is 25.1. The number of ether oxygens (including phenoxy) is 2. The Bertz CT molecular complexity index is 6530. The van der Waals surface area contributed by atoms with Crippen LogP contribution in [0.25, 0.3) is 66.8 Å². The van der Waals surface area contributed by atoms with Crippen LogP contribution in [0.4, 0.5) is 68.2 Å². The fourth-order valence-electron chi connectivity index (χ4n) is 20.3. The molecule has 8 heteroatoms. The minimum absolute atomic E-state index is 0.274. The summed E-state index contributed by atoms with van der Waals surface area (Å²) in [4.78, 5) is 9.80. The van der Waals surface area contributed by atoms with E-state index in [1.807, 2.05) is 0 Å². The quantitative estimate of drug-likeness (QED) is 0.113. The Labute approximate surface area is 681 Å². The minimum Gasteiger partial charge on any atom is -0.458 e. The van der Waals surface area contributed by atoms with Crippen LogP contribution in [0.5, 0.6) is 23.0 Å². The fraction of sp³-hybridized carbons (Fsp3) is 0.00917. The zero-order valence-corrected chi connectivity index (χ0v) is 63.7. The Morgan fingerprint density at radius 1 is 0.197 bits per heavy atom. The van der Waals surface area contributed by atoms with Gasteiger partial charge in [-0.25, -0.2) is 0 Å². The Balaban J connectivity index is 0.753. The zero-order chi connectivity index (χ0) is 76.8. The Kier molecular flexibility index (Phi) is 15.1. The lowest BCUT2D eigenvalue weighted by molar-refractivity contribution is 0.485. The third-order valence-electron chi connectivity index (χ3n) is 25.1. The third kappa shape index (κ3) is 10.2. The van der Waals surface area contributed by atoms with Crippen LogP contribution >= 0.6 is 0 Å². The highest BCUT2D eigenvalue weighted by Gasteiger charge is 2.55. The molecule has 0 bridgehead atoms. The molecule has 0 N–H and O–H groups in total. The van der Waals surface area contributed by atoms with Gasteiger partial charge in [-0.15, -0.1) is 0 Å². The van der Waals surface area contributed by atoms with E-state index >= 15 is 0 Å². The van der Waals surface area contributed by atoms with E-state index in [1.165, 1.54) is 55.4 Å². The lowest BCUT2D eigenvalue weighted by Gasteiger charge is -2.42. The van der Waals surface area contributed by atoms with E-state index < -0.39 is 5.41 Å². The second kappa shape index (κ2) is 26.5. The van der Waals surface area contributed by atoms with Crippen molar-refractivity contribution in [2.24, 2.45) is 0 Å². The second-order valence-corrected chi connectivity index (χ2v) is 31.3. The molecule has 1 spiro atoms. The van der Waals surface area contributed by atoms with Crippen LogP contribution in [0, 0.1) is 0 Å². The number of para-hydroxylation sites is 6. The Morgan fingerprint density at radius 3 is 0.880 bits per heavy atom. The van der Waals surface area contributed by atoms with Crippen molar-refractivity contribution >= 4 is 114 Å². The number of hydrogen-bond donors (Lipinski definition) is 0. The van der Waals surface area contributed by atoms with Crippen LogP contribution in [0.15, 0.2) is 425 Å². The van der Waals surface area contributed by atoms with Gasteiger partial charge in [0, 0.05) is 68.8 Å². The molecule has 0 fully saturated rings. The predicted molar refractivity (Wildman–Crippen MR) is 486 cm³/mol. The van der Waals surface area contributed by atoms with Crippen LogP contribution in [-0.2, 0) is 5.41 Å². The molecule has 6 aliphatic rings. The van der Waals surface area contributed by atoms with E-state index in [4.69, 9.17) is 9.47 Å². The summed E-state index contributed by atoms with van der Waals surface area (Å²) in [6.07, 6.45) is 0. The van der Waals surface area contributed by atoms with Crippen LogP contribution in [0.2, 0.25) is 0 Å². The van der Waals surface area contributed by atoms with Gasteiger partial charge in [-0.2, -0.15) is 0 Å². The summed E-state index contributed by atoms with van der Waals surface area (Å²) >= 11 is 0. The number of benzene rings is 18. The molecule has 4 aliphatic heterocycles. The highest BCUT2D eigenvalue weighted by Crippen LogP contribution is 2.65. The van der Waals surface area contributed by atoms with Crippen molar-refractivity contribution in [3.63, 3.8) is 0 Å². The van der Waals surface area contributed by atoms with Crippen molar-refractivity contribution in [2.45, 2.75) is 5.41 Å². The van der Waals surface area contributed by atoms with Crippen molar-refractivity contribution in [3.8, 4) is 89.8 Å². The minimum atomic E-state index is -0.837. The average molecular weight is 1490 g/mol. The number of fused-ring (bicyclic) bond motifs is 18. The summed E-state index contributed by atoms with van der Waals surface area (Å²) in [5, 5.41) is 0. The molecule has 544 valence electrons. The summed E-state index contributed by atoms with van der Waals surface area (Å²) in [6.45, 7) is -0.548. The van der Waals surface area contributed by atoms with Crippen molar-refractivity contribution in [3.05, 3.63) is 447 Å². The number of rotatable bonds is 12. The van der Waals surface area contributed by atoms with Gasteiger partial charge in [0.15, 0.2) is 0 Å². The summed E-state index contributed by atoms with van der Waals surface area (Å²) in [6, 6.07) is 156. The summed E-state index contributed by atoms with van der Waals surface area (Å²) < 4.78 is 16.1. The van der Waals surface area contributed by atoms with Crippen LogP contribution in [0.3, 0.4) is 0 Å². The van der Waals surface area contributed by atoms with Crippen LogP contribution in [-0.4, -0.2) is 13.4 Å². The Hall–Kier alpha value is -15.1. The van der Waals surface area contributed by atoms with Gasteiger partial charge in [-0.05, 0) is 208 Å². The molecule has 0 unspecified atom stereocenters. The van der Waals surface area contributed by atoms with Crippen LogP contribution in [0.1, 0.15) is 22.3 Å². The number of anilines is 12. The largest absolute Gasteiger partial charge is 0.458 e. The molecule has 18 aromatic rings. The summed E-state index contributed by atoms with van der Waals surface area (Å²) in [5.41, 5.74) is 37.2. The van der Waals surface area contributed by atoms with Gasteiger partial charge in [0.1, 0.15) is 23.0 Å². The lowest BCUT2D eigenvalue weighted by atomic mass is 9.33. The van der Waals surface area contributed by atoms with Gasteiger partial charge in [0.25, 0.3) is 13.4 Å². The van der Waals surface area contributed by atoms with Gasteiger partial charge in [0.05, 0.1) is 28.2 Å². The van der Waals surface area contributed by atoms with Crippen molar-refractivity contribution in [2.75, 3.05) is 19.6 Å². The Morgan fingerprint density at radius 2 is 0.513 bits per heavy atom. The molecule has 18 aromatic carbocycles.